The number of hydrogen-bond donors (Lipinski definition) is 1. The monoisotopic (exact) mass is 181 g/mol. The number of benzene rings is 1. The Morgan fingerprint density at radius 2 is 2.08 bits per heavy atom. The van der Waals surface area contributed by atoms with Gasteiger partial charge in [-0.1, -0.05) is 0 Å². The molecule has 0 saturated carbocycles. The van der Waals surface area contributed by atoms with Crippen molar-refractivity contribution < 1.29 is 10.0 Å². The first-order chi connectivity index (χ1) is 6.06. The van der Waals surface area contributed by atoms with Crippen LogP contribution in [0, 0.1) is 24.0 Å². The maximum absolute atomic E-state index is 10.5. The topological polar surface area (TPSA) is 63.4 Å². The van der Waals surface area contributed by atoms with Crippen LogP contribution in [-0.2, 0) is 6.61 Å². The zero-order chi connectivity index (χ0) is 10.0. The van der Waals surface area contributed by atoms with E-state index >= 15 is 0 Å². The number of nitro groups is 1. The van der Waals surface area contributed by atoms with Crippen molar-refractivity contribution in [2.45, 2.75) is 20.5 Å². The fourth-order valence-electron chi connectivity index (χ4n) is 1.18. The summed E-state index contributed by atoms with van der Waals surface area (Å²) < 4.78 is 0. The standard InChI is InChI=1S/C9H11NO3/c1-6-3-9(10(12)13)4-8(5-11)7(6)2/h3-4,11H,5H2,1-2H3. The highest BCUT2D eigenvalue weighted by molar-refractivity contribution is 5.44. The highest BCUT2D eigenvalue weighted by atomic mass is 16.6. The zero-order valence-corrected chi connectivity index (χ0v) is 7.57. The van der Waals surface area contributed by atoms with Crippen LogP contribution in [0.4, 0.5) is 5.69 Å². The van der Waals surface area contributed by atoms with Crippen molar-refractivity contribution in [1.29, 1.82) is 0 Å². The molecular weight excluding hydrogens is 170 g/mol. The van der Waals surface area contributed by atoms with E-state index in [1.807, 2.05) is 6.92 Å². The fourth-order valence-corrected chi connectivity index (χ4v) is 1.18. The first kappa shape index (κ1) is 9.67. The molecule has 70 valence electrons. The molecule has 0 aliphatic carbocycles. The van der Waals surface area contributed by atoms with Gasteiger partial charge in [-0.2, -0.15) is 0 Å². The van der Waals surface area contributed by atoms with E-state index in [1.54, 1.807) is 6.92 Å². The average Bonchev–Trinajstić information content (AvgIpc) is 2.09. The molecule has 1 aromatic rings. The Morgan fingerprint density at radius 1 is 1.46 bits per heavy atom. The molecule has 0 aliphatic heterocycles. The van der Waals surface area contributed by atoms with Crippen LogP contribution in [0.25, 0.3) is 0 Å². The molecule has 1 N–H and O–H groups in total. The smallest absolute Gasteiger partial charge is 0.270 e. The molecule has 13 heavy (non-hydrogen) atoms. The third kappa shape index (κ3) is 1.84. The van der Waals surface area contributed by atoms with Crippen molar-refractivity contribution >= 4 is 5.69 Å². The van der Waals surface area contributed by atoms with Gasteiger partial charge in [0.05, 0.1) is 11.5 Å². The lowest BCUT2D eigenvalue weighted by molar-refractivity contribution is -0.385. The van der Waals surface area contributed by atoms with Crippen molar-refractivity contribution in [2.75, 3.05) is 0 Å². The van der Waals surface area contributed by atoms with E-state index in [-0.39, 0.29) is 12.3 Å². The summed E-state index contributed by atoms with van der Waals surface area (Å²) in [5.41, 5.74) is 2.39. The van der Waals surface area contributed by atoms with E-state index < -0.39 is 4.92 Å². The molecule has 0 aromatic heterocycles. The van der Waals surface area contributed by atoms with E-state index in [9.17, 15) is 10.1 Å². The Bertz CT molecular complexity index is 347. The van der Waals surface area contributed by atoms with Crippen LogP contribution in [0.2, 0.25) is 0 Å². The van der Waals surface area contributed by atoms with Crippen molar-refractivity contribution in [3.8, 4) is 0 Å². The van der Waals surface area contributed by atoms with Crippen molar-refractivity contribution in [3.63, 3.8) is 0 Å². The second-order valence-corrected chi connectivity index (χ2v) is 2.96. The maximum atomic E-state index is 10.5. The first-order valence-corrected chi connectivity index (χ1v) is 3.91. The molecule has 1 rings (SSSR count). The van der Waals surface area contributed by atoms with Crippen LogP contribution in [-0.4, -0.2) is 10.0 Å². The SMILES string of the molecule is Cc1cc([N+](=O)[O-])cc(CO)c1C. The molecule has 4 nitrogen and oxygen atoms in total. The molecule has 0 aliphatic rings. The van der Waals surface area contributed by atoms with Gasteiger partial charge in [0.25, 0.3) is 5.69 Å². The third-order valence-corrected chi connectivity index (χ3v) is 2.14. The molecule has 0 unspecified atom stereocenters. The number of aliphatic hydroxyl groups is 1. The van der Waals surface area contributed by atoms with E-state index in [0.29, 0.717) is 5.56 Å². The molecule has 0 heterocycles. The molecule has 1 aromatic carbocycles. The van der Waals surface area contributed by atoms with E-state index in [1.165, 1.54) is 12.1 Å². The van der Waals surface area contributed by atoms with Gasteiger partial charge in [0.1, 0.15) is 0 Å². The summed E-state index contributed by atoms with van der Waals surface area (Å²) in [5.74, 6) is 0. The lowest BCUT2D eigenvalue weighted by Crippen LogP contribution is -1.96. The van der Waals surface area contributed by atoms with Crippen LogP contribution in [0.5, 0.6) is 0 Å². The van der Waals surface area contributed by atoms with Crippen LogP contribution in [0.1, 0.15) is 16.7 Å². The Morgan fingerprint density at radius 3 is 2.54 bits per heavy atom. The molecule has 0 atom stereocenters. The number of aryl methyl sites for hydroxylation is 1. The largest absolute Gasteiger partial charge is 0.392 e. The second kappa shape index (κ2) is 3.53. The second-order valence-electron chi connectivity index (χ2n) is 2.96. The summed E-state index contributed by atoms with van der Waals surface area (Å²) in [6.07, 6.45) is 0. The summed E-state index contributed by atoms with van der Waals surface area (Å²) in [7, 11) is 0. The molecule has 0 bridgehead atoms. The minimum Gasteiger partial charge on any atom is -0.392 e. The quantitative estimate of drug-likeness (QED) is 0.558. The van der Waals surface area contributed by atoms with Gasteiger partial charge < -0.3 is 5.11 Å². The van der Waals surface area contributed by atoms with E-state index in [2.05, 4.69) is 0 Å². The predicted octanol–water partition coefficient (Wildman–Crippen LogP) is 1.70. The van der Waals surface area contributed by atoms with Crippen molar-refractivity contribution in [3.05, 3.63) is 38.9 Å². The lowest BCUT2D eigenvalue weighted by atomic mass is 10.0. The van der Waals surface area contributed by atoms with Gasteiger partial charge in [-0.15, -0.1) is 0 Å². The third-order valence-electron chi connectivity index (χ3n) is 2.14. The van der Waals surface area contributed by atoms with Gasteiger partial charge in [0.2, 0.25) is 0 Å². The molecule has 0 spiro atoms. The summed E-state index contributed by atoms with van der Waals surface area (Å²) in [6, 6.07) is 2.91. The minimum atomic E-state index is -0.453. The first-order valence-electron chi connectivity index (χ1n) is 3.91. The Hall–Kier alpha value is -1.42. The highest BCUT2D eigenvalue weighted by Crippen LogP contribution is 2.21. The van der Waals surface area contributed by atoms with Crippen molar-refractivity contribution in [1.82, 2.24) is 0 Å². The zero-order valence-electron chi connectivity index (χ0n) is 7.57. The summed E-state index contributed by atoms with van der Waals surface area (Å²) in [6.45, 7) is 3.47. The molecule has 0 saturated heterocycles. The van der Waals surface area contributed by atoms with Gasteiger partial charge in [0, 0.05) is 12.1 Å². The Labute approximate surface area is 76.0 Å². The van der Waals surface area contributed by atoms with Gasteiger partial charge in [-0.25, -0.2) is 0 Å². The normalized spacial score (nSPS) is 10.1. The van der Waals surface area contributed by atoms with Gasteiger partial charge in [0.15, 0.2) is 0 Å². The molecule has 0 amide bonds. The lowest BCUT2D eigenvalue weighted by Gasteiger charge is -2.05. The Balaban J connectivity index is 3.30. The Kier molecular flexibility index (Phi) is 2.63. The highest BCUT2D eigenvalue weighted by Gasteiger charge is 2.10. The summed E-state index contributed by atoms with van der Waals surface area (Å²) in [5, 5.41) is 19.4. The van der Waals surface area contributed by atoms with E-state index in [4.69, 9.17) is 5.11 Å². The number of nitro benzene ring substituents is 1. The number of non-ortho nitro benzene ring substituents is 1. The van der Waals surface area contributed by atoms with Crippen LogP contribution < -0.4 is 0 Å². The maximum Gasteiger partial charge on any atom is 0.270 e. The minimum absolute atomic E-state index is 0.0344. The average molecular weight is 181 g/mol. The molecule has 0 fully saturated rings. The summed E-state index contributed by atoms with van der Waals surface area (Å²) >= 11 is 0. The van der Waals surface area contributed by atoms with Gasteiger partial charge in [-0.3, -0.25) is 10.1 Å². The van der Waals surface area contributed by atoms with Crippen molar-refractivity contribution in [2.24, 2.45) is 0 Å². The molecule has 4 heteroatoms. The predicted molar refractivity (Wildman–Crippen MR) is 48.5 cm³/mol. The summed E-state index contributed by atoms with van der Waals surface area (Å²) in [4.78, 5) is 10.0. The number of aliphatic hydroxyl groups excluding tert-OH is 1. The molecular formula is C9H11NO3. The number of nitrogens with zero attached hydrogens (tertiary/aromatic N) is 1. The van der Waals surface area contributed by atoms with Crippen LogP contribution in [0.3, 0.4) is 0 Å². The fraction of sp³-hybridized carbons (Fsp3) is 0.333. The number of hydrogen-bond acceptors (Lipinski definition) is 3. The van der Waals surface area contributed by atoms with Crippen LogP contribution in [0.15, 0.2) is 12.1 Å². The van der Waals surface area contributed by atoms with Gasteiger partial charge >= 0.3 is 0 Å². The van der Waals surface area contributed by atoms with E-state index in [0.717, 1.165) is 11.1 Å². The van der Waals surface area contributed by atoms with Gasteiger partial charge in [-0.05, 0) is 30.5 Å². The molecule has 0 radical (unpaired) electrons. The van der Waals surface area contributed by atoms with Crippen LogP contribution >= 0.6 is 0 Å². The number of rotatable bonds is 2.